The van der Waals surface area contributed by atoms with Crippen LogP contribution in [0, 0.1) is 5.92 Å². The average molecular weight is 332 g/mol. The molecule has 1 aromatic heterocycles. The van der Waals surface area contributed by atoms with Gasteiger partial charge < -0.3 is 24.4 Å². The van der Waals surface area contributed by atoms with E-state index in [2.05, 4.69) is 10.5 Å². The molecule has 0 amide bonds. The molecular formula is C18H24N2O4. The van der Waals surface area contributed by atoms with E-state index >= 15 is 0 Å². The van der Waals surface area contributed by atoms with Crippen LogP contribution in [0.5, 0.6) is 11.6 Å². The molecule has 0 radical (unpaired) electrons. The van der Waals surface area contributed by atoms with Crippen LogP contribution in [0.4, 0.5) is 0 Å². The predicted molar refractivity (Wildman–Crippen MR) is 89.4 cm³/mol. The molecule has 2 aliphatic rings. The molecule has 2 heterocycles. The largest absolute Gasteiger partial charge is 0.487 e. The third kappa shape index (κ3) is 3.21. The molecule has 130 valence electrons. The number of ether oxygens (including phenoxy) is 2. The van der Waals surface area contributed by atoms with Crippen LogP contribution in [-0.2, 0) is 0 Å². The topological polar surface area (TPSA) is 76.8 Å². The quantitative estimate of drug-likeness (QED) is 0.876. The molecule has 1 saturated heterocycles. The molecular weight excluding hydrogens is 308 g/mol. The third-order valence-electron chi connectivity index (χ3n) is 5.04. The van der Waals surface area contributed by atoms with Crippen LogP contribution in [0.3, 0.4) is 0 Å². The second-order valence-electron chi connectivity index (χ2n) is 6.78. The van der Waals surface area contributed by atoms with Gasteiger partial charge in [0.15, 0.2) is 5.58 Å². The molecule has 1 aliphatic heterocycles. The number of benzene rings is 1. The number of hydrogen-bond donors (Lipinski definition) is 2. The number of rotatable bonds is 5. The van der Waals surface area contributed by atoms with Crippen LogP contribution in [-0.4, -0.2) is 42.2 Å². The lowest BCUT2D eigenvalue weighted by atomic mass is 9.99. The number of aromatic nitrogens is 1. The Kier molecular flexibility index (Phi) is 4.58. The number of fused-ring (bicyclic) bond motifs is 1. The Labute approximate surface area is 141 Å². The number of aliphatic hydroxyl groups is 1. The van der Waals surface area contributed by atoms with E-state index in [0.717, 1.165) is 50.6 Å². The molecule has 0 bridgehead atoms. The fourth-order valence-corrected chi connectivity index (χ4v) is 3.58. The van der Waals surface area contributed by atoms with Gasteiger partial charge in [-0.05, 0) is 68.4 Å². The van der Waals surface area contributed by atoms with Crippen LogP contribution in [0.15, 0.2) is 22.7 Å². The molecule has 4 rings (SSSR count). The van der Waals surface area contributed by atoms with E-state index < -0.39 is 6.10 Å². The zero-order chi connectivity index (χ0) is 16.4. The SMILES string of the molecule is OC1CCCC1Oc1cccc2onc(OCC3CCNCC3)c12. The molecule has 24 heavy (non-hydrogen) atoms. The highest BCUT2D eigenvalue weighted by atomic mass is 16.5. The molecule has 2 N–H and O–H groups in total. The summed E-state index contributed by atoms with van der Waals surface area (Å²) >= 11 is 0. The fraction of sp³-hybridized carbons (Fsp3) is 0.611. The summed E-state index contributed by atoms with van der Waals surface area (Å²) in [6.07, 6.45) is 4.32. The van der Waals surface area contributed by atoms with Gasteiger partial charge in [0.2, 0.25) is 0 Å². The van der Waals surface area contributed by atoms with Crippen molar-refractivity contribution in [3.63, 3.8) is 0 Å². The van der Waals surface area contributed by atoms with Gasteiger partial charge in [-0.3, -0.25) is 0 Å². The third-order valence-corrected chi connectivity index (χ3v) is 5.04. The maximum Gasteiger partial charge on any atom is 0.265 e. The van der Waals surface area contributed by atoms with Crippen molar-refractivity contribution in [1.29, 1.82) is 0 Å². The van der Waals surface area contributed by atoms with Crippen molar-refractivity contribution in [3.05, 3.63) is 18.2 Å². The van der Waals surface area contributed by atoms with Gasteiger partial charge in [-0.15, -0.1) is 0 Å². The maximum atomic E-state index is 10.0. The van der Waals surface area contributed by atoms with Gasteiger partial charge in [-0.25, -0.2) is 0 Å². The zero-order valence-corrected chi connectivity index (χ0v) is 13.7. The number of hydrogen-bond acceptors (Lipinski definition) is 6. The average Bonchev–Trinajstić information content (AvgIpc) is 3.21. The number of nitrogens with one attached hydrogen (secondary N) is 1. The van der Waals surface area contributed by atoms with Crippen molar-refractivity contribution in [2.45, 2.75) is 44.3 Å². The van der Waals surface area contributed by atoms with E-state index in [4.69, 9.17) is 14.0 Å². The molecule has 6 heteroatoms. The molecule has 2 unspecified atom stereocenters. The van der Waals surface area contributed by atoms with Crippen LogP contribution in [0.25, 0.3) is 11.0 Å². The second-order valence-corrected chi connectivity index (χ2v) is 6.78. The summed E-state index contributed by atoms with van der Waals surface area (Å²) in [5.41, 5.74) is 0.653. The van der Waals surface area contributed by atoms with E-state index in [0.29, 0.717) is 29.7 Å². The lowest BCUT2D eigenvalue weighted by Crippen LogP contribution is -2.30. The normalized spacial score (nSPS) is 25.2. The minimum atomic E-state index is -0.403. The van der Waals surface area contributed by atoms with Gasteiger partial charge in [-0.1, -0.05) is 6.07 Å². The Morgan fingerprint density at radius 2 is 2.08 bits per heavy atom. The summed E-state index contributed by atoms with van der Waals surface area (Å²) in [6, 6.07) is 5.63. The standard InChI is InChI=1S/C18H24N2O4/c21-13-3-1-4-14(13)23-15-5-2-6-16-17(15)18(20-24-16)22-11-12-7-9-19-10-8-12/h2,5-6,12-14,19,21H,1,3-4,7-11H2. The summed E-state index contributed by atoms with van der Waals surface area (Å²) in [6.45, 7) is 2.73. The lowest BCUT2D eigenvalue weighted by Gasteiger charge is -2.22. The highest BCUT2D eigenvalue weighted by Crippen LogP contribution is 2.36. The van der Waals surface area contributed by atoms with Crippen molar-refractivity contribution < 1.29 is 19.1 Å². The minimum Gasteiger partial charge on any atom is -0.487 e. The number of aliphatic hydroxyl groups excluding tert-OH is 1. The van der Waals surface area contributed by atoms with Gasteiger partial charge in [0.25, 0.3) is 5.88 Å². The summed E-state index contributed by atoms with van der Waals surface area (Å²) in [5, 5.41) is 18.2. The van der Waals surface area contributed by atoms with E-state index in [1.807, 2.05) is 18.2 Å². The highest BCUT2D eigenvalue weighted by molar-refractivity contribution is 5.88. The van der Waals surface area contributed by atoms with Gasteiger partial charge in [-0.2, -0.15) is 0 Å². The first-order valence-corrected chi connectivity index (χ1v) is 8.88. The smallest absolute Gasteiger partial charge is 0.265 e. The van der Waals surface area contributed by atoms with E-state index in [1.54, 1.807) is 0 Å². The van der Waals surface area contributed by atoms with Crippen molar-refractivity contribution in [2.24, 2.45) is 5.92 Å². The van der Waals surface area contributed by atoms with E-state index in [1.165, 1.54) is 0 Å². The van der Waals surface area contributed by atoms with Crippen molar-refractivity contribution >= 4 is 11.0 Å². The van der Waals surface area contributed by atoms with Gasteiger partial charge >= 0.3 is 0 Å². The first-order chi connectivity index (χ1) is 11.8. The van der Waals surface area contributed by atoms with Crippen LogP contribution in [0.1, 0.15) is 32.1 Å². The van der Waals surface area contributed by atoms with Gasteiger partial charge in [0.1, 0.15) is 17.2 Å². The van der Waals surface area contributed by atoms with Crippen molar-refractivity contribution in [1.82, 2.24) is 10.5 Å². The summed E-state index contributed by atoms with van der Waals surface area (Å²) in [7, 11) is 0. The molecule has 1 saturated carbocycles. The minimum absolute atomic E-state index is 0.164. The zero-order valence-electron chi connectivity index (χ0n) is 13.7. The van der Waals surface area contributed by atoms with E-state index in [-0.39, 0.29) is 6.10 Å². The molecule has 2 atom stereocenters. The lowest BCUT2D eigenvalue weighted by molar-refractivity contribution is 0.0612. The van der Waals surface area contributed by atoms with Crippen LogP contribution in [0.2, 0.25) is 0 Å². The molecule has 2 aromatic rings. The summed E-state index contributed by atoms with van der Waals surface area (Å²) in [4.78, 5) is 0. The highest BCUT2D eigenvalue weighted by Gasteiger charge is 2.28. The monoisotopic (exact) mass is 332 g/mol. The second kappa shape index (κ2) is 6.99. The molecule has 6 nitrogen and oxygen atoms in total. The van der Waals surface area contributed by atoms with Gasteiger partial charge in [0.05, 0.1) is 12.7 Å². The summed E-state index contributed by atoms with van der Waals surface area (Å²) in [5.74, 6) is 1.72. The Hall–Kier alpha value is -1.79. The molecule has 2 fully saturated rings. The molecule has 1 aliphatic carbocycles. The van der Waals surface area contributed by atoms with E-state index in [9.17, 15) is 5.11 Å². The molecule has 1 aromatic carbocycles. The molecule has 0 spiro atoms. The first kappa shape index (κ1) is 15.7. The summed E-state index contributed by atoms with van der Waals surface area (Å²) < 4.78 is 17.4. The Balaban J connectivity index is 1.52. The first-order valence-electron chi connectivity index (χ1n) is 8.88. The van der Waals surface area contributed by atoms with Gasteiger partial charge in [0, 0.05) is 0 Å². The predicted octanol–water partition coefficient (Wildman–Crippen LogP) is 2.50. The Morgan fingerprint density at radius 1 is 1.21 bits per heavy atom. The number of nitrogens with zero attached hydrogens (tertiary/aromatic N) is 1. The van der Waals surface area contributed by atoms with Crippen LogP contribution >= 0.6 is 0 Å². The fourth-order valence-electron chi connectivity index (χ4n) is 3.58. The van der Waals surface area contributed by atoms with Crippen molar-refractivity contribution in [3.8, 4) is 11.6 Å². The maximum absolute atomic E-state index is 10.0. The number of piperidine rings is 1. The van der Waals surface area contributed by atoms with Crippen molar-refractivity contribution in [2.75, 3.05) is 19.7 Å². The Morgan fingerprint density at radius 3 is 2.88 bits per heavy atom. The Bertz CT molecular complexity index is 681. The van der Waals surface area contributed by atoms with Crippen LogP contribution < -0.4 is 14.8 Å².